The molecule has 0 atom stereocenters. The van der Waals surface area contributed by atoms with Crippen LogP contribution in [0.25, 0.3) is 0 Å². The maximum atomic E-state index is 13.3. The smallest absolute Gasteiger partial charge is 0.354 e. The molecule has 104 valence electrons. The number of benzene rings is 1. The van der Waals surface area contributed by atoms with E-state index in [-0.39, 0.29) is 23.5 Å². The van der Waals surface area contributed by atoms with Crippen molar-refractivity contribution in [3.8, 4) is 0 Å². The van der Waals surface area contributed by atoms with E-state index in [2.05, 4.69) is 15.3 Å². The van der Waals surface area contributed by atoms with Gasteiger partial charge in [0.2, 0.25) is 0 Å². The number of amides is 1. The second kappa shape index (κ2) is 5.47. The van der Waals surface area contributed by atoms with Crippen LogP contribution in [0, 0.1) is 11.6 Å². The summed E-state index contributed by atoms with van der Waals surface area (Å²) in [4.78, 5) is 28.4. The van der Waals surface area contributed by atoms with Crippen LogP contribution in [0.5, 0.6) is 0 Å². The molecule has 1 heterocycles. The summed E-state index contributed by atoms with van der Waals surface area (Å²) in [5.74, 6) is -3.45. The average molecular weight is 281 g/mol. The number of hydrogen-bond donors (Lipinski definition) is 3. The number of imidazole rings is 1. The molecule has 0 radical (unpaired) electrons. The number of nitrogens with zero attached hydrogens (tertiary/aromatic N) is 1. The van der Waals surface area contributed by atoms with Crippen LogP contribution in [0.4, 0.5) is 8.78 Å². The van der Waals surface area contributed by atoms with Gasteiger partial charge in [-0.05, 0) is 18.2 Å². The van der Waals surface area contributed by atoms with Crippen LogP contribution in [-0.4, -0.2) is 27.0 Å². The van der Waals surface area contributed by atoms with Crippen molar-refractivity contribution < 1.29 is 23.5 Å². The van der Waals surface area contributed by atoms with E-state index < -0.39 is 23.5 Å². The highest BCUT2D eigenvalue weighted by Crippen LogP contribution is 2.10. The van der Waals surface area contributed by atoms with Crippen molar-refractivity contribution in [2.45, 2.75) is 6.54 Å². The monoisotopic (exact) mass is 281 g/mol. The van der Waals surface area contributed by atoms with Gasteiger partial charge in [0.05, 0.1) is 6.33 Å². The molecule has 6 nitrogen and oxygen atoms in total. The molecule has 0 spiro atoms. The van der Waals surface area contributed by atoms with E-state index in [9.17, 15) is 18.4 Å². The Labute approximate surface area is 111 Å². The molecule has 0 aliphatic rings. The number of hydrogen-bond acceptors (Lipinski definition) is 3. The summed E-state index contributed by atoms with van der Waals surface area (Å²) in [6.45, 7) is -0.283. The zero-order chi connectivity index (χ0) is 14.7. The number of halogens is 2. The number of carbonyl (C=O) groups excluding carboxylic acids is 1. The predicted molar refractivity (Wildman–Crippen MR) is 63.1 cm³/mol. The summed E-state index contributed by atoms with van der Waals surface area (Å²) in [5.41, 5.74) is -0.748. The minimum Gasteiger partial charge on any atom is -0.477 e. The number of aromatic carboxylic acids is 1. The van der Waals surface area contributed by atoms with Crippen LogP contribution < -0.4 is 5.32 Å². The molecule has 3 N–H and O–H groups in total. The van der Waals surface area contributed by atoms with Gasteiger partial charge in [0.15, 0.2) is 11.4 Å². The Morgan fingerprint density at radius 3 is 2.80 bits per heavy atom. The molecular formula is C12H9F2N3O3. The molecule has 2 rings (SSSR count). The van der Waals surface area contributed by atoms with Crippen LogP contribution in [0.2, 0.25) is 0 Å². The highest BCUT2D eigenvalue weighted by Gasteiger charge is 2.19. The summed E-state index contributed by atoms with van der Waals surface area (Å²) in [5, 5.41) is 11.1. The van der Waals surface area contributed by atoms with Gasteiger partial charge in [-0.2, -0.15) is 0 Å². The third kappa shape index (κ3) is 2.79. The lowest BCUT2D eigenvalue weighted by molar-refractivity contribution is 0.0685. The van der Waals surface area contributed by atoms with Crippen LogP contribution in [-0.2, 0) is 6.54 Å². The minimum atomic E-state index is -1.34. The van der Waals surface area contributed by atoms with Gasteiger partial charge in [0, 0.05) is 12.1 Å². The second-order valence-electron chi connectivity index (χ2n) is 3.85. The van der Waals surface area contributed by atoms with E-state index in [0.29, 0.717) is 0 Å². The number of aromatic nitrogens is 2. The van der Waals surface area contributed by atoms with Gasteiger partial charge < -0.3 is 15.4 Å². The van der Waals surface area contributed by atoms with Crippen LogP contribution in [0.15, 0.2) is 24.5 Å². The van der Waals surface area contributed by atoms with E-state index in [4.69, 9.17) is 5.11 Å². The van der Waals surface area contributed by atoms with Gasteiger partial charge in [0.25, 0.3) is 5.91 Å². The Morgan fingerprint density at radius 2 is 2.10 bits per heavy atom. The zero-order valence-electron chi connectivity index (χ0n) is 9.98. The molecule has 0 fully saturated rings. The van der Waals surface area contributed by atoms with Gasteiger partial charge in [-0.25, -0.2) is 18.6 Å². The van der Waals surface area contributed by atoms with Crippen LogP contribution in [0.1, 0.15) is 26.5 Å². The minimum absolute atomic E-state index is 0.0502. The maximum absolute atomic E-state index is 13.3. The first kappa shape index (κ1) is 13.7. The third-order valence-electron chi connectivity index (χ3n) is 2.52. The molecular weight excluding hydrogens is 272 g/mol. The molecule has 1 aromatic heterocycles. The molecule has 8 heteroatoms. The number of carbonyl (C=O) groups is 2. The molecule has 1 aromatic carbocycles. The van der Waals surface area contributed by atoms with Crippen molar-refractivity contribution in [1.29, 1.82) is 0 Å². The number of carboxylic acids is 1. The normalized spacial score (nSPS) is 10.3. The van der Waals surface area contributed by atoms with Crippen LogP contribution >= 0.6 is 0 Å². The van der Waals surface area contributed by atoms with Gasteiger partial charge in [-0.15, -0.1) is 0 Å². The largest absolute Gasteiger partial charge is 0.477 e. The average Bonchev–Trinajstić information content (AvgIpc) is 2.89. The Balaban J connectivity index is 2.11. The number of aromatic amines is 1. The molecule has 1 amide bonds. The topological polar surface area (TPSA) is 95.1 Å². The highest BCUT2D eigenvalue weighted by molar-refractivity contribution is 6.02. The molecule has 0 bridgehead atoms. The lowest BCUT2D eigenvalue weighted by atomic mass is 10.2. The first-order valence-electron chi connectivity index (χ1n) is 5.48. The maximum Gasteiger partial charge on any atom is 0.354 e. The predicted octanol–water partition coefficient (Wildman–Crippen LogP) is 1.32. The molecule has 0 aliphatic heterocycles. The van der Waals surface area contributed by atoms with Gasteiger partial charge in [-0.1, -0.05) is 0 Å². The number of carboxylic acid groups (broad SMARTS) is 1. The summed E-state index contributed by atoms with van der Waals surface area (Å²) < 4.78 is 26.3. The third-order valence-corrected chi connectivity index (χ3v) is 2.52. The number of nitrogens with one attached hydrogen (secondary N) is 2. The van der Waals surface area contributed by atoms with E-state index in [0.717, 1.165) is 24.5 Å². The Hall–Kier alpha value is -2.77. The molecule has 0 saturated heterocycles. The molecule has 20 heavy (non-hydrogen) atoms. The summed E-state index contributed by atoms with van der Waals surface area (Å²) >= 11 is 0. The molecule has 2 aromatic rings. The Bertz CT molecular complexity index is 670. The summed E-state index contributed by atoms with van der Waals surface area (Å²) in [6, 6.07) is 2.84. The number of H-pyrrole nitrogens is 1. The summed E-state index contributed by atoms with van der Waals surface area (Å²) in [7, 11) is 0. The fraction of sp³-hybridized carbons (Fsp3) is 0.0833. The van der Waals surface area contributed by atoms with Crippen LogP contribution in [0.3, 0.4) is 0 Å². The van der Waals surface area contributed by atoms with Crippen molar-refractivity contribution in [3.63, 3.8) is 0 Å². The van der Waals surface area contributed by atoms with E-state index >= 15 is 0 Å². The second-order valence-corrected chi connectivity index (χ2v) is 3.85. The fourth-order valence-corrected chi connectivity index (χ4v) is 1.57. The Morgan fingerprint density at radius 1 is 1.35 bits per heavy atom. The van der Waals surface area contributed by atoms with Gasteiger partial charge >= 0.3 is 5.97 Å². The Kier molecular flexibility index (Phi) is 3.74. The number of rotatable bonds is 4. The highest BCUT2D eigenvalue weighted by atomic mass is 19.1. The molecule has 0 unspecified atom stereocenters. The lowest BCUT2D eigenvalue weighted by Gasteiger charge is -2.05. The molecule has 0 aliphatic carbocycles. The van der Waals surface area contributed by atoms with Crippen molar-refractivity contribution in [2.75, 3.05) is 0 Å². The fourth-order valence-electron chi connectivity index (χ4n) is 1.57. The lowest BCUT2D eigenvalue weighted by Crippen LogP contribution is -2.25. The van der Waals surface area contributed by atoms with Crippen molar-refractivity contribution >= 4 is 11.9 Å². The van der Waals surface area contributed by atoms with Crippen molar-refractivity contribution in [3.05, 3.63) is 53.1 Å². The van der Waals surface area contributed by atoms with Crippen molar-refractivity contribution in [2.24, 2.45) is 0 Å². The van der Waals surface area contributed by atoms with Gasteiger partial charge in [-0.3, -0.25) is 4.79 Å². The SMILES string of the molecule is O=C(NCc1cc(F)ccc1F)c1nc[nH]c1C(=O)O. The van der Waals surface area contributed by atoms with E-state index in [1.54, 1.807) is 0 Å². The quantitative estimate of drug-likeness (QED) is 0.787. The zero-order valence-corrected chi connectivity index (χ0v) is 9.98. The molecule has 0 saturated carbocycles. The first-order valence-corrected chi connectivity index (χ1v) is 5.48. The summed E-state index contributed by atoms with van der Waals surface area (Å²) in [6.07, 6.45) is 1.06. The first-order chi connectivity index (χ1) is 9.49. The van der Waals surface area contributed by atoms with Gasteiger partial charge in [0.1, 0.15) is 11.6 Å². The van der Waals surface area contributed by atoms with E-state index in [1.165, 1.54) is 0 Å². The van der Waals surface area contributed by atoms with Crippen molar-refractivity contribution in [1.82, 2.24) is 15.3 Å². The standard InChI is InChI=1S/C12H9F2N3O3/c13-7-1-2-8(14)6(3-7)4-15-11(18)9-10(12(19)20)17-5-16-9/h1-3,5H,4H2,(H,15,18)(H,16,17)(H,19,20). The van der Waals surface area contributed by atoms with E-state index in [1.807, 2.05) is 0 Å².